The predicted octanol–water partition coefficient (Wildman–Crippen LogP) is 4.48. The van der Waals surface area contributed by atoms with Crippen molar-refractivity contribution in [2.75, 3.05) is 0 Å². The lowest BCUT2D eigenvalue weighted by molar-refractivity contribution is 0.103. The molecule has 0 saturated carbocycles. The minimum absolute atomic E-state index is 0.0584. The first-order valence-corrected chi connectivity index (χ1v) is 5.92. The Bertz CT molecular complexity index is 474. The molecule has 0 radical (unpaired) electrons. The van der Waals surface area contributed by atoms with Gasteiger partial charge in [-0.1, -0.05) is 46.3 Å². The Hall–Kier alpha value is -1.67. The maximum atomic E-state index is 11.9. The molecule has 0 aliphatic carbocycles. The van der Waals surface area contributed by atoms with Crippen molar-refractivity contribution in [3.8, 4) is 0 Å². The lowest BCUT2D eigenvalue weighted by atomic mass is 10.0. The second-order valence-electron chi connectivity index (χ2n) is 3.20. The van der Waals surface area contributed by atoms with Crippen LogP contribution in [0.5, 0.6) is 0 Å². The van der Waals surface area contributed by atoms with Crippen LogP contribution in [0.3, 0.4) is 0 Å². The molecule has 0 atom stereocenters. The van der Waals surface area contributed by atoms with E-state index in [0.717, 1.165) is 10.0 Å². The van der Waals surface area contributed by atoms with Gasteiger partial charge in [0, 0.05) is 15.6 Å². The Balaban J connectivity index is 0.000000686. The molecular weight excluding hydrogens is 276 g/mol. The van der Waals surface area contributed by atoms with Gasteiger partial charge >= 0.3 is 0 Å². The summed E-state index contributed by atoms with van der Waals surface area (Å²) >= 11 is 3.34. The zero-order valence-corrected chi connectivity index (χ0v) is 11.0. The molecule has 0 heterocycles. The average Bonchev–Trinajstić information content (AvgIpc) is 2.42. The lowest BCUT2D eigenvalue weighted by Gasteiger charge is -2.00. The van der Waals surface area contributed by atoms with E-state index in [1.54, 1.807) is 0 Å². The molecule has 0 unspecified atom stereocenters. The highest BCUT2D eigenvalue weighted by Gasteiger charge is 2.07. The Kier molecular flexibility index (Phi) is 5.37. The summed E-state index contributed by atoms with van der Waals surface area (Å²) < 4.78 is 0.979. The molecule has 2 aromatic carbocycles. The van der Waals surface area contributed by atoms with Crippen molar-refractivity contribution in [2.45, 2.75) is 0 Å². The van der Waals surface area contributed by atoms with Crippen LogP contribution in [-0.2, 0) is 0 Å². The Morgan fingerprint density at radius 2 is 1.29 bits per heavy atom. The number of ketones is 1. The zero-order chi connectivity index (χ0) is 12.7. The fourth-order valence-electron chi connectivity index (χ4n) is 1.36. The second kappa shape index (κ2) is 6.81. The summed E-state index contributed by atoms with van der Waals surface area (Å²) in [6.45, 7) is 6.00. The largest absolute Gasteiger partial charge is 0.289 e. The van der Waals surface area contributed by atoms with E-state index < -0.39 is 0 Å². The number of carbonyl (C=O) groups excluding carboxylic acids is 1. The molecule has 0 N–H and O–H groups in total. The molecule has 0 fully saturated rings. The summed E-state index contributed by atoms with van der Waals surface area (Å²) in [5.41, 5.74) is 1.43. The molecule has 2 rings (SSSR count). The van der Waals surface area contributed by atoms with Crippen molar-refractivity contribution in [1.29, 1.82) is 0 Å². The van der Waals surface area contributed by atoms with E-state index in [1.807, 2.05) is 54.6 Å². The Labute approximate surface area is 110 Å². The topological polar surface area (TPSA) is 17.1 Å². The van der Waals surface area contributed by atoms with Crippen LogP contribution in [0.25, 0.3) is 0 Å². The number of halogens is 1. The van der Waals surface area contributed by atoms with Crippen LogP contribution in [0.1, 0.15) is 15.9 Å². The standard InChI is InChI=1S/C13H9BrO.C2H4/c14-12-8-6-11(7-9-12)13(15)10-4-2-1-3-5-10;1-2/h1-9H;1-2H2. The Morgan fingerprint density at radius 1 is 0.824 bits per heavy atom. The molecule has 0 amide bonds. The van der Waals surface area contributed by atoms with Crippen LogP contribution in [0.4, 0.5) is 0 Å². The maximum absolute atomic E-state index is 11.9. The number of hydrogen-bond acceptors (Lipinski definition) is 1. The van der Waals surface area contributed by atoms with Crippen LogP contribution in [-0.4, -0.2) is 5.78 Å². The third-order valence-electron chi connectivity index (χ3n) is 2.14. The van der Waals surface area contributed by atoms with Crippen molar-refractivity contribution >= 4 is 21.7 Å². The highest BCUT2D eigenvalue weighted by Crippen LogP contribution is 2.14. The van der Waals surface area contributed by atoms with Gasteiger partial charge in [-0.3, -0.25) is 4.79 Å². The minimum atomic E-state index is 0.0584. The summed E-state index contributed by atoms with van der Waals surface area (Å²) in [6.07, 6.45) is 0. The average molecular weight is 289 g/mol. The first-order chi connectivity index (χ1) is 8.27. The molecule has 0 spiro atoms. The predicted molar refractivity (Wildman–Crippen MR) is 75.3 cm³/mol. The summed E-state index contributed by atoms with van der Waals surface area (Å²) in [5.74, 6) is 0.0584. The Morgan fingerprint density at radius 3 is 1.82 bits per heavy atom. The zero-order valence-electron chi connectivity index (χ0n) is 9.40. The smallest absolute Gasteiger partial charge is 0.193 e. The van der Waals surface area contributed by atoms with E-state index in [-0.39, 0.29) is 5.78 Å². The van der Waals surface area contributed by atoms with Gasteiger partial charge in [-0.2, -0.15) is 0 Å². The molecule has 0 aromatic heterocycles. The van der Waals surface area contributed by atoms with E-state index in [9.17, 15) is 4.79 Å². The van der Waals surface area contributed by atoms with Gasteiger partial charge in [-0.25, -0.2) is 0 Å². The van der Waals surface area contributed by atoms with Crippen molar-refractivity contribution in [3.63, 3.8) is 0 Å². The maximum Gasteiger partial charge on any atom is 0.193 e. The van der Waals surface area contributed by atoms with Crippen molar-refractivity contribution < 1.29 is 4.79 Å². The lowest BCUT2D eigenvalue weighted by Crippen LogP contribution is -2.00. The number of rotatable bonds is 2. The molecule has 0 bridgehead atoms. The number of hydrogen-bond donors (Lipinski definition) is 0. The highest BCUT2D eigenvalue weighted by molar-refractivity contribution is 9.10. The third-order valence-corrected chi connectivity index (χ3v) is 2.67. The minimum Gasteiger partial charge on any atom is -0.289 e. The van der Waals surface area contributed by atoms with E-state index in [4.69, 9.17) is 0 Å². The number of benzene rings is 2. The molecule has 0 aliphatic rings. The first-order valence-electron chi connectivity index (χ1n) is 5.13. The fraction of sp³-hybridized carbons (Fsp3) is 0. The summed E-state index contributed by atoms with van der Waals surface area (Å²) in [7, 11) is 0. The summed E-state index contributed by atoms with van der Waals surface area (Å²) in [6, 6.07) is 16.7. The van der Waals surface area contributed by atoms with Gasteiger partial charge in [-0.05, 0) is 24.3 Å². The number of carbonyl (C=O) groups is 1. The van der Waals surface area contributed by atoms with E-state index in [0.29, 0.717) is 5.56 Å². The monoisotopic (exact) mass is 288 g/mol. The second-order valence-corrected chi connectivity index (χ2v) is 4.12. The quantitative estimate of drug-likeness (QED) is 0.588. The van der Waals surface area contributed by atoms with Crippen LogP contribution in [0.15, 0.2) is 72.2 Å². The van der Waals surface area contributed by atoms with Crippen LogP contribution in [0.2, 0.25) is 0 Å². The van der Waals surface area contributed by atoms with Crippen LogP contribution < -0.4 is 0 Å². The van der Waals surface area contributed by atoms with E-state index in [2.05, 4.69) is 29.1 Å². The molecule has 0 saturated heterocycles. The molecular formula is C15H13BrO. The van der Waals surface area contributed by atoms with Gasteiger partial charge in [0.1, 0.15) is 0 Å². The van der Waals surface area contributed by atoms with Gasteiger partial charge in [0.2, 0.25) is 0 Å². The summed E-state index contributed by atoms with van der Waals surface area (Å²) in [5, 5.41) is 0. The van der Waals surface area contributed by atoms with Gasteiger partial charge < -0.3 is 0 Å². The molecule has 2 aromatic rings. The molecule has 17 heavy (non-hydrogen) atoms. The van der Waals surface area contributed by atoms with Crippen LogP contribution >= 0.6 is 15.9 Å². The van der Waals surface area contributed by atoms with E-state index in [1.165, 1.54) is 0 Å². The molecule has 2 heteroatoms. The van der Waals surface area contributed by atoms with Crippen molar-refractivity contribution in [1.82, 2.24) is 0 Å². The molecule has 0 aliphatic heterocycles. The molecule has 1 nitrogen and oxygen atoms in total. The SMILES string of the molecule is C=C.O=C(c1ccccc1)c1ccc(Br)cc1. The fourth-order valence-corrected chi connectivity index (χ4v) is 1.62. The van der Waals surface area contributed by atoms with Gasteiger partial charge in [0.25, 0.3) is 0 Å². The molecule has 86 valence electrons. The summed E-state index contributed by atoms with van der Waals surface area (Å²) in [4.78, 5) is 11.9. The van der Waals surface area contributed by atoms with Crippen molar-refractivity contribution in [3.05, 3.63) is 83.4 Å². The third kappa shape index (κ3) is 3.68. The van der Waals surface area contributed by atoms with Gasteiger partial charge in [0.05, 0.1) is 0 Å². The van der Waals surface area contributed by atoms with Crippen molar-refractivity contribution in [2.24, 2.45) is 0 Å². The normalized spacial score (nSPS) is 9.00. The van der Waals surface area contributed by atoms with Crippen LogP contribution in [0, 0.1) is 0 Å². The highest BCUT2D eigenvalue weighted by atomic mass is 79.9. The van der Waals surface area contributed by atoms with Gasteiger partial charge in [-0.15, -0.1) is 13.2 Å². The first kappa shape index (κ1) is 13.4. The van der Waals surface area contributed by atoms with E-state index >= 15 is 0 Å². The van der Waals surface area contributed by atoms with Gasteiger partial charge in [0.15, 0.2) is 5.78 Å².